The number of rotatable bonds is 4. The third-order valence-corrected chi connectivity index (χ3v) is 1.98. The second-order valence-electron chi connectivity index (χ2n) is 3.32. The molecule has 1 aromatic rings. The van der Waals surface area contributed by atoms with Crippen molar-refractivity contribution in [3.8, 4) is 11.8 Å². The van der Waals surface area contributed by atoms with Crippen molar-refractivity contribution in [2.24, 2.45) is 0 Å². The van der Waals surface area contributed by atoms with Crippen LogP contribution in [0.4, 0.5) is 4.79 Å². The van der Waals surface area contributed by atoms with Crippen LogP contribution in [0.1, 0.15) is 19.8 Å². The predicted molar refractivity (Wildman–Crippen MR) is 59.9 cm³/mol. The second kappa shape index (κ2) is 6.46. The highest BCUT2D eigenvalue weighted by Gasteiger charge is 2.11. The van der Waals surface area contributed by atoms with Crippen LogP contribution >= 0.6 is 0 Å². The summed E-state index contributed by atoms with van der Waals surface area (Å²) in [6.07, 6.45) is 0.871. The molecule has 0 saturated heterocycles. The van der Waals surface area contributed by atoms with Crippen LogP contribution in [-0.2, 0) is 0 Å². The fraction of sp³-hybridized carbons (Fsp3) is 0.333. The van der Waals surface area contributed by atoms with Gasteiger partial charge in [-0.3, -0.25) is 0 Å². The molecule has 16 heavy (non-hydrogen) atoms. The highest BCUT2D eigenvalue weighted by Crippen LogP contribution is 2.08. The summed E-state index contributed by atoms with van der Waals surface area (Å²) in [6, 6.07) is 10.3. The lowest BCUT2D eigenvalue weighted by molar-refractivity contribution is 0.198. The zero-order chi connectivity index (χ0) is 11.8. The number of carbonyl (C=O) groups is 1. The van der Waals surface area contributed by atoms with Crippen LogP contribution in [-0.4, -0.2) is 12.1 Å². The van der Waals surface area contributed by atoms with Crippen LogP contribution in [0, 0.1) is 11.3 Å². The summed E-state index contributed by atoms with van der Waals surface area (Å²) in [5.41, 5.74) is 0. The summed E-state index contributed by atoms with van der Waals surface area (Å²) in [5.74, 6) is 0.466. The van der Waals surface area contributed by atoms with E-state index in [-0.39, 0.29) is 0 Å². The third kappa shape index (κ3) is 4.01. The van der Waals surface area contributed by atoms with Crippen molar-refractivity contribution in [2.45, 2.75) is 25.8 Å². The Morgan fingerprint density at radius 2 is 2.19 bits per heavy atom. The quantitative estimate of drug-likeness (QED) is 0.844. The Hall–Kier alpha value is -2.02. The number of nitriles is 1. The third-order valence-electron chi connectivity index (χ3n) is 1.98. The fourth-order valence-electron chi connectivity index (χ4n) is 1.22. The fourth-order valence-corrected chi connectivity index (χ4v) is 1.22. The van der Waals surface area contributed by atoms with E-state index in [9.17, 15) is 4.79 Å². The number of amides is 1. The van der Waals surface area contributed by atoms with E-state index in [0.717, 1.165) is 6.42 Å². The van der Waals surface area contributed by atoms with Gasteiger partial charge in [-0.1, -0.05) is 31.5 Å². The summed E-state index contributed by atoms with van der Waals surface area (Å²) in [5, 5.41) is 11.2. The number of nitrogens with one attached hydrogen (secondary N) is 1. The minimum atomic E-state index is -0.591. The smallest absolute Gasteiger partial charge is 0.410 e. The number of ether oxygens (including phenoxy) is 1. The molecule has 1 atom stereocenters. The maximum atomic E-state index is 11.4. The lowest BCUT2D eigenvalue weighted by Gasteiger charge is -2.10. The van der Waals surface area contributed by atoms with Gasteiger partial charge >= 0.3 is 6.09 Å². The molecule has 0 spiro atoms. The average Bonchev–Trinajstić information content (AvgIpc) is 2.29. The molecule has 0 aliphatic carbocycles. The van der Waals surface area contributed by atoms with Gasteiger partial charge < -0.3 is 10.1 Å². The average molecular weight is 218 g/mol. The highest BCUT2D eigenvalue weighted by molar-refractivity contribution is 5.71. The van der Waals surface area contributed by atoms with Gasteiger partial charge in [-0.25, -0.2) is 4.79 Å². The van der Waals surface area contributed by atoms with Crippen molar-refractivity contribution < 1.29 is 9.53 Å². The van der Waals surface area contributed by atoms with Crippen LogP contribution in [0.5, 0.6) is 5.75 Å². The first-order chi connectivity index (χ1) is 7.76. The number of benzene rings is 1. The molecule has 0 bridgehead atoms. The highest BCUT2D eigenvalue weighted by atomic mass is 16.6. The number of para-hydroxylation sites is 1. The molecule has 0 saturated carbocycles. The van der Waals surface area contributed by atoms with Gasteiger partial charge in [0, 0.05) is 0 Å². The zero-order valence-electron chi connectivity index (χ0n) is 9.14. The van der Waals surface area contributed by atoms with Crippen molar-refractivity contribution in [3.63, 3.8) is 0 Å². The van der Waals surface area contributed by atoms with Gasteiger partial charge in [0.25, 0.3) is 0 Å². The molecule has 1 amide bonds. The van der Waals surface area contributed by atoms with Crippen LogP contribution in [0.15, 0.2) is 30.3 Å². The predicted octanol–water partition coefficient (Wildman–Crippen LogP) is 2.47. The van der Waals surface area contributed by atoms with Crippen molar-refractivity contribution in [2.75, 3.05) is 0 Å². The summed E-state index contributed by atoms with van der Waals surface area (Å²) in [7, 11) is 0. The standard InChI is InChI=1S/C12H14N2O2/c1-2-6-10(9-13)14-12(15)16-11-7-4-3-5-8-11/h3-5,7-8,10H,2,6H2,1H3,(H,14,15). The van der Waals surface area contributed by atoms with E-state index in [1.807, 2.05) is 19.1 Å². The summed E-state index contributed by atoms with van der Waals surface area (Å²) < 4.78 is 4.99. The molecule has 0 fully saturated rings. The number of nitrogens with zero attached hydrogens (tertiary/aromatic N) is 1. The summed E-state index contributed by atoms with van der Waals surface area (Å²) in [6.45, 7) is 1.95. The number of hydrogen-bond donors (Lipinski definition) is 1. The van der Waals surface area contributed by atoms with Gasteiger partial charge in [0.1, 0.15) is 11.8 Å². The van der Waals surface area contributed by atoms with E-state index in [2.05, 4.69) is 5.32 Å². The Bertz CT molecular complexity index is 370. The molecular weight excluding hydrogens is 204 g/mol. The molecule has 84 valence electrons. The molecule has 1 rings (SSSR count). The zero-order valence-corrected chi connectivity index (χ0v) is 9.14. The maximum Gasteiger partial charge on any atom is 0.413 e. The van der Waals surface area contributed by atoms with E-state index in [4.69, 9.17) is 10.00 Å². The van der Waals surface area contributed by atoms with E-state index >= 15 is 0 Å². The molecule has 0 radical (unpaired) electrons. The lowest BCUT2D eigenvalue weighted by atomic mass is 10.2. The Morgan fingerprint density at radius 1 is 1.50 bits per heavy atom. The first kappa shape index (κ1) is 12.1. The minimum absolute atomic E-state index is 0.466. The van der Waals surface area contributed by atoms with E-state index in [1.165, 1.54) is 0 Å². The lowest BCUT2D eigenvalue weighted by Crippen LogP contribution is -2.35. The van der Waals surface area contributed by atoms with Gasteiger partial charge in [0.05, 0.1) is 6.07 Å². The summed E-state index contributed by atoms with van der Waals surface area (Å²) in [4.78, 5) is 11.4. The molecule has 0 heterocycles. The second-order valence-corrected chi connectivity index (χ2v) is 3.32. The topological polar surface area (TPSA) is 62.1 Å². The van der Waals surface area contributed by atoms with Crippen LogP contribution < -0.4 is 10.1 Å². The van der Waals surface area contributed by atoms with Crippen molar-refractivity contribution >= 4 is 6.09 Å². The Balaban J connectivity index is 2.45. The SMILES string of the molecule is CCCC(C#N)NC(=O)Oc1ccccc1. The number of carbonyl (C=O) groups excluding carboxylic acids is 1. The minimum Gasteiger partial charge on any atom is -0.410 e. The van der Waals surface area contributed by atoms with Crippen LogP contribution in [0.25, 0.3) is 0 Å². The monoisotopic (exact) mass is 218 g/mol. The maximum absolute atomic E-state index is 11.4. The van der Waals surface area contributed by atoms with Crippen LogP contribution in [0.2, 0.25) is 0 Å². The van der Waals surface area contributed by atoms with Crippen LogP contribution in [0.3, 0.4) is 0 Å². The molecule has 1 N–H and O–H groups in total. The van der Waals surface area contributed by atoms with E-state index in [0.29, 0.717) is 12.2 Å². The molecule has 1 unspecified atom stereocenters. The van der Waals surface area contributed by atoms with E-state index in [1.54, 1.807) is 24.3 Å². The Morgan fingerprint density at radius 3 is 2.75 bits per heavy atom. The molecule has 0 aromatic heterocycles. The first-order valence-electron chi connectivity index (χ1n) is 5.19. The van der Waals surface area contributed by atoms with Crippen molar-refractivity contribution in [1.82, 2.24) is 5.32 Å². The molecular formula is C12H14N2O2. The summed E-state index contributed by atoms with van der Waals surface area (Å²) >= 11 is 0. The van der Waals surface area contributed by atoms with Gasteiger partial charge in [-0.05, 0) is 18.6 Å². The molecule has 4 heteroatoms. The molecule has 0 aliphatic rings. The van der Waals surface area contributed by atoms with Crippen molar-refractivity contribution in [1.29, 1.82) is 5.26 Å². The van der Waals surface area contributed by atoms with Crippen molar-refractivity contribution in [3.05, 3.63) is 30.3 Å². The van der Waals surface area contributed by atoms with Gasteiger partial charge in [-0.2, -0.15) is 5.26 Å². The van der Waals surface area contributed by atoms with Gasteiger partial charge in [0.2, 0.25) is 0 Å². The van der Waals surface area contributed by atoms with E-state index < -0.39 is 12.1 Å². The first-order valence-corrected chi connectivity index (χ1v) is 5.19. The van der Waals surface area contributed by atoms with Gasteiger partial charge in [-0.15, -0.1) is 0 Å². The Kier molecular flexibility index (Phi) is 4.87. The molecule has 0 aliphatic heterocycles. The normalized spacial score (nSPS) is 11.2. The largest absolute Gasteiger partial charge is 0.413 e. The molecule has 4 nitrogen and oxygen atoms in total. The van der Waals surface area contributed by atoms with Gasteiger partial charge in [0.15, 0.2) is 0 Å². The molecule has 1 aromatic carbocycles. The number of hydrogen-bond acceptors (Lipinski definition) is 3. The Labute approximate surface area is 94.8 Å².